The number of nitrogens with two attached hydrogens (primary N) is 1. The molecule has 4 atom stereocenters. The summed E-state index contributed by atoms with van der Waals surface area (Å²) in [5, 5.41) is 13.3. The number of aliphatic hydroxyl groups excluding tert-OH is 1. The molecule has 27 heavy (non-hydrogen) atoms. The van der Waals surface area contributed by atoms with Gasteiger partial charge in [0.25, 0.3) is 0 Å². The van der Waals surface area contributed by atoms with Crippen molar-refractivity contribution in [3.63, 3.8) is 0 Å². The van der Waals surface area contributed by atoms with Gasteiger partial charge in [0, 0.05) is 5.75 Å². The van der Waals surface area contributed by atoms with Gasteiger partial charge >= 0.3 is 0 Å². The SMILES string of the molecule is CCCSc1nc(Cl)c(N)c(N[C@@H]2C[C@H](OCCO)[C@@H]3OC(C)(C)O[C@@H]32)n1. The average molecular weight is 419 g/mol. The number of thioether (sulfide) groups is 1. The molecule has 2 fully saturated rings. The zero-order valence-electron chi connectivity index (χ0n) is 15.8. The van der Waals surface area contributed by atoms with E-state index in [9.17, 15) is 0 Å². The summed E-state index contributed by atoms with van der Waals surface area (Å²) in [6, 6.07) is -0.113. The summed E-state index contributed by atoms with van der Waals surface area (Å²) in [6.07, 6.45) is 1.02. The lowest BCUT2D eigenvalue weighted by Gasteiger charge is -2.24. The van der Waals surface area contributed by atoms with Gasteiger partial charge in [0.15, 0.2) is 21.9 Å². The largest absolute Gasteiger partial charge is 0.394 e. The van der Waals surface area contributed by atoms with Crippen LogP contribution in [0.1, 0.15) is 33.6 Å². The van der Waals surface area contributed by atoms with E-state index in [1.165, 1.54) is 11.8 Å². The van der Waals surface area contributed by atoms with Crippen LogP contribution in [0.25, 0.3) is 0 Å². The first kappa shape index (κ1) is 20.9. The van der Waals surface area contributed by atoms with E-state index in [2.05, 4.69) is 22.2 Å². The van der Waals surface area contributed by atoms with Crippen molar-refractivity contribution in [2.75, 3.05) is 30.0 Å². The van der Waals surface area contributed by atoms with Crippen molar-refractivity contribution in [3.05, 3.63) is 5.15 Å². The van der Waals surface area contributed by atoms with E-state index in [1.807, 2.05) is 13.8 Å². The number of nitrogens with zero attached hydrogens (tertiary/aromatic N) is 2. The maximum atomic E-state index is 9.08. The molecule has 0 unspecified atom stereocenters. The third-order valence-corrected chi connectivity index (χ3v) is 5.81. The van der Waals surface area contributed by atoms with Crippen molar-refractivity contribution in [2.45, 2.75) is 68.9 Å². The molecule has 2 heterocycles. The molecule has 0 radical (unpaired) electrons. The number of halogens is 1. The van der Waals surface area contributed by atoms with Crippen molar-refractivity contribution in [1.82, 2.24) is 9.97 Å². The van der Waals surface area contributed by atoms with Crippen LogP contribution >= 0.6 is 23.4 Å². The molecule has 1 saturated heterocycles. The van der Waals surface area contributed by atoms with Gasteiger partial charge < -0.3 is 30.4 Å². The molecule has 1 aliphatic heterocycles. The number of ether oxygens (including phenoxy) is 3. The van der Waals surface area contributed by atoms with E-state index in [0.717, 1.165) is 12.2 Å². The summed E-state index contributed by atoms with van der Waals surface area (Å²) < 4.78 is 17.9. The van der Waals surface area contributed by atoms with E-state index < -0.39 is 5.79 Å². The van der Waals surface area contributed by atoms with Crippen LogP contribution in [-0.4, -0.2) is 64.2 Å². The number of rotatable bonds is 8. The van der Waals surface area contributed by atoms with Crippen LogP contribution in [-0.2, 0) is 14.2 Å². The van der Waals surface area contributed by atoms with Crippen molar-refractivity contribution in [3.8, 4) is 0 Å². The fourth-order valence-corrected chi connectivity index (χ4v) is 4.33. The normalized spacial score (nSPS) is 29.1. The highest BCUT2D eigenvalue weighted by molar-refractivity contribution is 7.99. The molecule has 1 aromatic heterocycles. The molecule has 3 rings (SSSR count). The lowest BCUT2D eigenvalue weighted by molar-refractivity contribution is -0.167. The first-order chi connectivity index (χ1) is 12.8. The van der Waals surface area contributed by atoms with E-state index in [1.54, 1.807) is 0 Å². The molecule has 1 aromatic rings. The molecular formula is C17H27ClN4O4S. The van der Waals surface area contributed by atoms with Crippen LogP contribution in [0.2, 0.25) is 5.15 Å². The molecule has 8 nitrogen and oxygen atoms in total. The smallest absolute Gasteiger partial charge is 0.191 e. The van der Waals surface area contributed by atoms with Crippen molar-refractivity contribution in [2.24, 2.45) is 0 Å². The average Bonchev–Trinajstić information content (AvgIpc) is 3.09. The fraction of sp³-hybridized carbons (Fsp3) is 0.765. The molecule has 152 valence electrons. The molecule has 4 N–H and O–H groups in total. The number of aromatic nitrogens is 2. The zero-order valence-corrected chi connectivity index (χ0v) is 17.3. The van der Waals surface area contributed by atoms with Gasteiger partial charge in [-0.2, -0.15) is 0 Å². The lowest BCUT2D eigenvalue weighted by Crippen LogP contribution is -2.35. The summed E-state index contributed by atoms with van der Waals surface area (Å²) in [7, 11) is 0. The van der Waals surface area contributed by atoms with E-state index >= 15 is 0 Å². The van der Waals surface area contributed by atoms with Gasteiger partial charge in [-0.1, -0.05) is 30.3 Å². The van der Waals surface area contributed by atoms with Crippen LogP contribution in [0.5, 0.6) is 0 Å². The first-order valence-corrected chi connectivity index (χ1v) is 10.5. The van der Waals surface area contributed by atoms with Crippen LogP contribution in [0.3, 0.4) is 0 Å². The summed E-state index contributed by atoms with van der Waals surface area (Å²) in [5.74, 6) is 0.692. The molecule has 0 spiro atoms. The minimum atomic E-state index is -0.701. The summed E-state index contributed by atoms with van der Waals surface area (Å²) in [5.41, 5.74) is 6.41. The summed E-state index contributed by atoms with van der Waals surface area (Å²) >= 11 is 7.73. The Balaban J connectivity index is 1.79. The Kier molecular flexibility index (Phi) is 6.70. The second-order valence-electron chi connectivity index (χ2n) is 7.09. The fourth-order valence-electron chi connectivity index (χ4n) is 3.41. The minimum Gasteiger partial charge on any atom is -0.394 e. The quantitative estimate of drug-likeness (QED) is 0.332. The second-order valence-corrected chi connectivity index (χ2v) is 8.51. The maximum Gasteiger partial charge on any atom is 0.191 e. The van der Waals surface area contributed by atoms with E-state index in [-0.39, 0.29) is 42.7 Å². The van der Waals surface area contributed by atoms with E-state index in [0.29, 0.717) is 23.1 Å². The van der Waals surface area contributed by atoms with Gasteiger partial charge in [-0.05, 0) is 26.7 Å². The third kappa shape index (κ3) is 4.78. The number of nitrogens with one attached hydrogen (secondary N) is 1. The summed E-state index contributed by atoms with van der Waals surface area (Å²) in [6.45, 7) is 6.06. The highest BCUT2D eigenvalue weighted by Gasteiger charge is 2.54. The molecule has 1 saturated carbocycles. The topological polar surface area (TPSA) is 112 Å². The highest BCUT2D eigenvalue weighted by Crippen LogP contribution is 2.41. The van der Waals surface area contributed by atoms with Gasteiger partial charge in [-0.3, -0.25) is 0 Å². The van der Waals surface area contributed by atoms with Crippen LogP contribution < -0.4 is 11.1 Å². The van der Waals surface area contributed by atoms with Gasteiger partial charge in [-0.15, -0.1) is 0 Å². The van der Waals surface area contributed by atoms with Crippen molar-refractivity contribution < 1.29 is 19.3 Å². The molecular weight excluding hydrogens is 392 g/mol. The Labute approximate surface area is 168 Å². The Morgan fingerprint density at radius 3 is 2.81 bits per heavy atom. The summed E-state index contributed by atoms with van der Waals surface area (Å²) in [4.78, 5) is 8.76. The number of hydrogen-bond donors (Lipinski definition) is 3. The van der Waals surface area contributed by atoms with Gasteiger partial charge in [0.05, 0.1) is 25.4 Å². The molecule has 10 heteroatoms. The van der Waals surface area contributed by atoms with E-state index in [4.69, 9.17) is 36.7 Å². The number of hydrogen-bond acceptors (Lipinski definition) is 9. The molecule has 2 aliphatic rings. The predicted octanol–water partition coefficient (Wildman–Crippen LogP) is 2.30. The molecule has 0 amide bonds. The van der Waals surface area contributed by atoms with Crippen molar-refractivity contribution in [1.29, 1.82) is 0 Å². The first-order valence-electron chi connectivity index (χ1n) is 9.15. The van der Waals surface area contributed by atoms with Gasteiger partial charge in [-0.25, -0.2) is 9.97 Å². The van der Waals surface area contributed by atoms with Crippen LogP contribution in [0, 0.1) is 0 Å². The van der Waals surface area contributed by atoms with Gasteiger partial charge in [0.2, 0.25) is 0 Å². The highest BCUT2D eigenvalue weighted by atomic mass is 35.5. The Hall–Kier alpha value is -0.840. The van der Waals surface area contributed by atoms with Crippen molar-refractivity contribution >= 4 is 34.9 Å². The Bertz CT molecular complexity index is 666. The maximum absolute atomic E-state index is 9.08. The van der Waals surface area contributed by atoms with Crippen LogP contribution in [0.4, 0.5) is 11.5 Å². The zero-order chi connectivity index (χ0) is 19.6. The monoisotopic (exact) mass is 418 g/mol. The number of nitrogen functional groups attached to an aromatic ring is 1. The number of aliphatic hydroxyl groups is 1. The standard InChI is InChI=1S/C17H27ClN4O4S/c1-4-7-27-16-21-14(18)11(19)15(22-16)20-9-8-10(24-6-5-23)13-12(9)25-17(2,3)26-13/h9-10,12-13,23H,4-8,19H2,1-3H3,(H,20,21,22)/t9-,10+,12-,13+/m1/s1. The lowest BCUT2D eigenvalue weighted by atomic mass is 10.2. The van der Waals surface area contributed by atoms with Crippen LogP contribution in [0.15, 0.2) is 5.16 Å². The number of anilines is 2. The predicted molar refractivity (Wildman–Crippen MR) is 105 cm³/mol. The number of fused-ring (bicyclic) bond motifs is 1. The van der Waals surface area contributed by atoms with Gasteiger partial charge in [0.1, 0.15) is 17.9 Å². The molecule has 0 bridgehead atoms. The Morgan fingerprint density at radius 1 is 1.37 bits per heavy atom. The molecule has 1 aliphatic carbocycles. The second kappa shape index (κ2) is 8.67. The third-order valence-electron chi connectivity index (χ3n) is 4.47. The molecule has 0 aromatic carbocycles. The Morgan fingerprint density at radius 2 is 2.11 bits per heavy atom. The minimum absolute atomic E-state index is 0.0390.